The molecule has 11 nitrogen and oxygen atoms in total. The number of alkyl halides is 1. The maximum atomic E-state index is 14.3. The van der Waals surface area contributed by atoms with Crippen LogP contribution < -0.4 is 16.0 Å². The number of pyridine rings is 1. The number of hydrogen-bond acceptors (Lipinski definition) is 8. The average molecular weight is 552 g/mol. The quantitative estimate of drug-likeness (QED) is 0.299. The average Bonchev–Trinajstić information content (AvgIpc) is 3.30. The maximum Gasteiger partial charge on any atom is 0.407 e. The number of nitrogens with one attached hydrogen (secondary N) is 3. The summed E-state index contributed by atoms with van der Waals surface area (Å²) in [6, 6.07) is 9.18. The molecule has 4 rings (SSSR count). The van der Waals surface area contributed by atoms with Gasteiger partial charge in [0, 0.05) is 18.3 Å². The van der Waals surface area contributed by atoms with Crippen LogP contribution in [0.3, 0.4) is 0 Å². The summed E-state index contributed by atoms with van der Waals surface area (Å²) in [6.07, 6.45) is 2.24. The number of anilines is 1. The molecule has 1 atom stereocenters. The van der Waals surface area contributed by atoms with Crippen molar-refractivity contribution < 1.29 is 23.8 Å². The second-order valence-electron chi connectivity index (χ2n) is 10.9. The van der Waals surface area contributed by atoms with E-state index >= 15 is 0 Å². The first kappa shape index (κ1) is 28.8. The van der Waals surface area contributed by atoms with Crippen LogP contribution in [-0.2, 0) is 4.74 Å². The molecule has 1 saturated carbocycles. The lowest BCUT2D eigenvalue weighted by atomic mass is 9.80. The number of carbonyl (C=O) groups is 2. The minimum atomic E-state index is -1.66. The number of ether oxygens (including phenoxy) is 1. The number of aliphatic hydroxyl groups is 1. The number of alkyl carbamates (subject to hydrolysis) is 1. The van der Waals surface area contributed by atoms with Crippen molar-refractivity contribution in [3.8, 4) is 17.5 Å². The van der Waals surface area contributed by atoms with Crippen LogP contribution in [-0.4, -0.2) is 68.7 Å². The summed E-state index contributed by atoms with van der Waals surface area (Å²) in [6.45, 7) is 6.33. The second kappa shape index (κ2) is 11.9. The zero-order chi connectivity index (χ0) is 29.0. The Bertz CT molecular complexity index is 1420. The van der Waals surface area contributed by atoms with Crippen LogP contribution in [0.15, 0.2) is 36.7 Å². The molecular weight excluding hydrogens is 517 g/mol. The molecule has 40 heavy (non-hydrogen) atoms. The topological polar surface area (TPSA) is 154 Å². The predicted octanol–water partition coefficient (Wildman–Crippen LogP) is 3.43. The monoisotopic (exact) mass is 551 g/mol. The molecule has 0 spiro atoms. The maximum absolute atomic E-state index is 14.3. The van der Waals surface area contributed by atoms with Gasteiger partial charge in [0.15, 0.2) is 0 Å². The fourth-order valence-electron chi connectivity index (χ4n) is 4.36. The number of rotatable bonds is 10. The number of hydrogen-bond donors (Lipinski definition) is 4. The van der Waals surface area contributed by atoms with Gasteiger partial charge in [-0.15, -0.1) is 0 Å². The van der Waals surface area contributed by atoms with Crippen LogP contribution in [0.1, 0.15) is 56.5 Å². The predicted molar refractivity (Wildman–Crippen MR) is 146 cm³/mol. The summed E-state index contributed by atoms with van der Waals surface area (Å²) >= 11 is 0. The Hall–Kier alpha value is -4.24. The minimum absolute atomic E-state index is 0.00816. The van der Waals surface area contributed by atoms with Gasteiger partial charge < -0.3 is 25.8 Å². The smallest absolute Gasteiger partial charge is 0.407 e. The highest BCUT2D eigenvalue weighted by Gasteiger charge is 2.32. The summed E-state index contributed by atoms with van der Waals surface area (Å²) < 4.78 is 21.2. The first-order valence-electron chi connectivity index (χ1n) is 13.2. The summed E-state index contributed by atoms with van der Waals surface area (Å²) in [4.78, 5) is 29.3. The van der Waals surface area contributed by atoms with Crippen molar-refractivity contribution in [2.75, 3.05) is 18.5 Å². The molecule has 12 heteroatoms. The number of nitriles is 1. The van der Waals surface area contributed by atoms with Gasteiger partial charge in [-0.25, -0.2) is 13.7 Å². The molecule has 1 aliphatic carbocycles. The molecule has 0 unspecified atom stereocenters. The van der Waals surface area contributed by atoms with Crippen LogP contribution in [0.25, 0.3) is 16.9 Å². The van der Waals surface area contributed by atoms with Gasteiger partial charge in [-0.1, -0.05) is 0 Å². The zero-order valence-electron chi connectivity index (χ0n) is 22.9. The van der Waals surface area contributed by atoms with E-state index in [0.29, 0.717) is 29.2 Å². The van der Waals surface area contributed by atoms with Crippen molar-refractivity contribution in [1.82, 2.24) is 25.2 Å². The van der Waals surface area contributed by atoms with Crippen LogP contribution in [0.2, 0.25) is 0 Å². The minimum Gasteiger partial charge on any atom is -0.449 e. The lowest BCUT2D eigenvalue weighted by Crippen LogP contribution is -2.42. The second-order valence-corrected chi connectivity index (χ2v) is 10.9. The summed E-state index contributed by atoms with van der Waals surface area (Å²) in [5.41, 5.74) is 1.49. The van der Waals surface area contributed by atoms with Gasteiger partial charge in [0.1, 0.15) is 12.2 Å². The molecule has 3 aromatic heterocycles. The molecule has 0 aliphatic heterocycles. The van der Waals surface area contributed by atoms with Crippen molar-refractivity contribution in [3.63, 3.8) is 0 Å². The van der Waals surface area contributed by atoms with Crippen LogP contribution in [0.5, 0.6) is 0 Å². The van der Waals surface area contributed by atoms with Crippen molar-refractivity contribution in [3.05, 3.63) is 47.8 Å². The van der Waals surface area contributed by atoms with E-state index in [0.717, 1.165) is 18.4 Å². The van der Waals surface area contributed by atoms with Gasteiger partial charge in [0.05, 0.1) is 58.7 Å². The molecule has 1 fully saturated rings. The fraction of sp³-hybridized carbons (Fsp3) is 0.464. The molecular formula is C28H34FN7O4. The highest BCUT2D eigenvalue weighted by Crippen LogP contribution is 2.33. The fourth-order valence-corrected chi connectivity index (χ4v) is 4.36. The highest BCUT2D eigenvalue weighted by atomic mass is 19.1. The Morgan fingerprint density at radius 3 is 2.70 bits per heavy atom. The van der Waals surface area contributed by atoms with Crippen molar-refractivity contribution in [2.24, 2.45) is 5.92 Å². The van der Waals surface area contributed by atoms with Crippen LogP contribution in [0, 0.1) is 17.2 Å². The molecule has 3 aromatic rings. The molecule has 0 aromatic carbocycles. The van der Waals surface area contributed by atoms with Crippen molar-refractivity contribution in [1.29, 1.82) is 5.26 Å². The van der Waals surface area contributed by atoms with Gasteiger partial charge >= 0.3 is 6.09 Å². The number of halogens is 1. The van der Waals surface area contributed by atoms with E-state index in [1.807, 2.05) is 26.0 Å². The highest BCUT2D eigenvalue weighted by molar-refractivity contribution is 6.00. The number of amides is 2. The molecule has 2 amide bonds. The number of nitrogens with zero attached hydrogens (tertiary/aromatic N) is 4. The van der Waals surface area contributed by atoms with E-state index in [4.69, 9.17) is 10.00 Å². The number of aromatic nitrogens is 3. The van der Waals surface area contributed by atoms with E-state index in [2.05, 4.69) is 32.1 Å². The Balaban J connectivity index is 1.52. The largest absolute Gasteiger partial charge is 0.449 e. The van der Waals surface area contributed by atoms with Gasteiger partial charge in [0.25, 0.3) is 5.91 Å². The lowest BCUT2D eigenvalue weighted by molar-refractivity contribution is -0.00178. The van der Waals surface area contributed by atoms with Gasteiger partial charge in [-0.2, -0.15) is 10.4 Å². The Kier molecular flexibility index (Phi) is 8.54. The summed E-state index contributed by atoms with van der Waals surface area (Å²) in [7, 11) is 0. The van der Waals surface area contributed by atoms with Gasteiger partial charge in [-0.05, 0) is 70.7 Å². The Morgan fingerprint density at radius 2 is 2.02 bits per heavy atom. The molecule has 212 valence electrons. The Labute approximate surface area is 231 Å². The molecule has 0 radical (unpaired) electrons. The molecule has 0 bridgehead atoms. The third-order valence-electron chi connectivity index (χ3n) is 6.70. The SMILES string of the molecule is CC(C)NC(=O)OCC1CC(Nc2cc(-c3ccc4cc(C#N)cnn34)ncc2C(=O)NC[C@@H](F)C(C)(C)O)C1. The van der Waals surface area contributed by atoms with Gasteiger partial charge in [0.2, 0.25) is 0 Å². The van der Waals surface area contributed by atoms with E-state index in [-0.39, 0.29) is 30.1 Å². The standard InChI is InChI=1S/C28H34FN7O4/c1-16(2)34-27(38)40-15-17-7-19(8-17)35-22-10-23(24-6-5-20-9-18(11-30)12-33-36(20)24)31-13-21(22)26(37)32-14-25(29)28(3,4)39/h5-6,9-10,12-13,16-17,19,25,39H,7-8,14-15H2,1-4H3,(H,31,35)(H,32,37)(H,34,38)/t17?,19?,25-/m1/s1. The molecule has 4 N–H and O–H groups in total. The van der Waals surface area contributed by atoms with E-state index < -0.39 is 23.8 Å². The summed E-state index contributed by atoms with van der Waals surface area (Å²) in [5, 5.41) is 32.0. The zero-order valence-corrected chi connectivity index (χ0v) is 22.9. The van der Waals surface area contributed by atoms with Crippen molar-refractivity contribution in [2.45, 2.75) is 64.4 Å². The van der Waals surface area contributed by atoms with Crippen LogP contribution >= 0.6 is 0 Å². The first-order chi connectivity index (χ1) is 18.9. The normalized spacial score (nSPS) is 17.6. The van der Waals surface area contributed by atoms with E-state index in [1.54, 1.807) is 16.6 Å². The van der Waals surface area contributed by atoms with Gasteiger partial charge in [-0.3, -0.25) is 9.78 Å². The van der Waals surface area contributed by atoms with E-state index in [9.17, 15) is 19.1 Å². The third kappa shape index (κ3) is 6.84. The molecule has 0 saturated heterocycles. The third-order valence-corrected chi connectivity index (χ3v) is 6.70. The summed E-state index contributed by atoms with van der Waals surface area (Å²) in [5.74, 6) is -0.351. The number of fused-ring (bicyclic) bond motifs is 1. The molecule has 3 heterocycles. The first-order valence-corrected chi connectivity index (χ1v) is 13.2. The van der Waals surface area contributed by atoms with Crippen LogP contribution in [0.4, 0.5) is 14.9 Å². The number of carbonyl (C=O) groups excluding carboxylic acids is 2. The lowest BCUT2D eigenvalue weighted by Gasteiger charge is -2.36. The van der Waals surface area contributed by atoms with E-state index in [1.165, 1.54) is 26.2 Å². The molecule has 1 aliphatic rings. The van der Waals surface area contributed by atoms with Crippen molar-refractivity contribution >= 4 is 23.2 Å². The Morgan fingerprint density at radius 1 is 1.27 bits per heavy atom.